The summed E-state index contributed by atoms with van der Waals surface area (Å²) in [6.07, 6.45) is -13.1. The fourth-order valence-corrected chi connectivity index (χ4v) is 9.66. The lowest BCUT2D eigenvalue weighted by molar-refractivity contribution is -0.221. The zero-order chi connectivity index (χ0) is 59.4. The van der Waals surface area contributed by atoms with E-state index in [1.807, 2.05) is 10.7 Å². The van der Waals surface area contributed by atoms with E-state index in [0.717, 1.165) is 57.1 Å². The minimum Gasteiger partial charge on any atom is -0.465 e. The van der Waals surface area contributed by atoms with Crippen molar-refractivity contribution < 1.29 is 82.8 Å². The van der Waals surface area contributed by atoms with Crippen LogP contribution in [0.2, 0.25) is 0 Å². The number of amides is 4. The molecule has 6 atom stereocenters. The molecule has 29 heteroatoms. The molecule has 2 unspecified atom stereocenters. The van der Waals surface area contributed by atoms with E-state index in [-0.39, 0.29) is 16.8 Å². The van der Waals surface area contributed by atoms with Crippen LogP contribution in [0.25, 0.3) is 11.3 Å². The molecule has 6 N–H and O–H groups in total. The number of piperazine rings is 1. The Balaban J connectivity index is 1.18. The number of carboxylic acid groups (broad SMARTS) is 1. The highest BCUT2D eigenvalue weighted by Crippen LogP contribution is 2.42. The summed E-state index contributed by atoms with van der Waals surface area (Å²) in [6, 6.07) is 2.76. The van der Waals surface area contributed by atoms with Crippen LogP contribution >= 0.6 is 0 Å². The Labute approximate surface area is 457 Å². The predicted molar refractivity (Wildman–Crippen MR) is 268 cm³/mol. The topological polar surface area (TPSA) is 229 Å². The van der Waals surface area contributed by atoms with Crippen molar-refractivity contribution in [3.63, 3.8) is 0 Å². The minimum atomic E-state index is -5.28. The summed E-state index contributed by atoms with van der Waals surface area (Å²) in [7, 11) is 0.812. The van der Waals surface area contributed by atoms with E-state index >= 15 is 8.78 Å². The summed E-state index contributed by atoms with van der Waals surface area (Å²) in [5.74, 6) is 0.354. The SMILES string of the molecule is COC(=O)N[C@H](C(=O)N[C@@H](Cc1ccc(C#Cc2cnc(N3CC4CCC(C3)N4C3COC3)nc2)cc1)[C@@H](O)CN(Cc1c(F)cc(-c2ccn(CC(F)F)n2)cc1F)NC(=O)[C@@H](NC(=O)O)C(C)(C)C(F)(F)F)C(C)(C)C(F)(F)F. The fourth-order valence-electron chi connectivity index (χ4n) is 9.66. The van der Waals surface area contributed by atoms with Crippen LogP contribution in [0.5, 0.6) is 0 Å². The van der Waals surface area contributed by atoms with Gasteiger partial charge in [-0.3, -0.25) is 24.6 Å². The summed E-state index contributed by atoms with van der Waals surface area (Å²) in [5.41, 5.74) is -4.52. The van der Waals surface area contributed by atoms with Gasteiger partial charge in [0.1, 0.15) is 30.3 Å². The number of halogens is 10. The van der Waals surface area contributed by atoms with Crippen LogP contribution in [0, 0.1) is 34.3 Å². The van der Waals surface area contributed by atoms with Crippen molar-refractivity contribution in [3.05, 3.63) is 94.9 Å². The fraction of sp³-hybridized carbons (Fsp3) is 0.519. The normalized spacial score (nSPS) is 18.5. The molecule has 3 aliphatic rings. The second-order valence-electron chi connectivity index (χ2n) is 21.0. The number of methoxy groups -OCH3 is 1. The molecule has 81 heavy (non-hydrogen) atoms. The summed E-state index contributed by atoms with van der Waals surface area (Å²) in [5, 5.41) is 31.5. The van der Waals surface area contributed by atoms with Gasteiger partial charge in [-0.1, -0.05) is 24.0 Å². The number of aliphatic hydroxyl groups is 1. The summed E-state index contributed by atoms with van der Waals surface area (Å²) in [6.45, 7) is 1.94. The zero-order valence-electron chi connectivity index (χ0n) is 44.2. The van der Waals surface area contributed by atoms with Crippen molar-refractivity contribution in [1.29, 1.82) is 0 Å². The standard InChI is InChI=1S/C52H59F10N11O8/c1-49(2,51(57,58)59)42(67-48(79)80-5)44(75)65-39(16-29-9-6-28(7-10-29)8-11-30-19-63-46(64-20-30)70-21-32-12-13-33(22-70)73(32)34-26-81-27-34)40(74)24-72(69-45(76)43(66-47(77)78)50(3,4)52(60,61)62)23-35-36(53)17-31(18-37(35)54)38-14-15-71(68-38)25-41(55)56/h6-7,9-10,14-15,17-20,32-34,39-43,66,74H,12-13,16,21-27H2,1-5H3,(H,65,75)(H,67,79)(H,69,76)(H,77,78)/t32?,33?,39-,40-,42+,43+/m0/s1. The third-order valence-electron chi connectivity index (χ3n) is 14.6. The molecule has 0 spiro atoms. The highest BCUT2D eigenvalue weighted by atomic mass is 19.4. The number of hydrogen-bond donors (Lipinski definition) is 6. The molecule has 3 saturated heterocycles. The summed E-state index contributed by atoms with van der Waals surface area (Å²) in [4.78, 5) is 65.9. The number of alkyl halides is 8. The molecule has 2 aromatic heterocycles. The van der Waals surface area contributed by atoms with Crippen molar-refractivity contribution >= 4 is 29.9 Å². The molecule has 3 aliphatic heterocycles. The monoisotopic (exact) mass is 1160 g/mol. The van der Waals surface area contributed by atoms with Crippen LogP contribution in [0.3, 0.4) is 0 Å². The molecule has 19 nitrogen and oxygen atoms in total. The average Bonchev–Trinajstić information content (AvgIpc) is 4.15. The number of aliphatic hydroxyl groups excluding tert-OH is 1. The molecule has 7 rings (SSSR count). The molecular weight excluding hydrogens is 1100 g/mol. The van der Waals surface area contributed by atoms with Crippen molar-refractivity contribution in [2.24, 2.45) is 10.8 Å². The van der Waals surface area contributed by atoms with Gasteiger partial charge in [0.2, 0.25) is 11.9 Å². The first-order valence-corrected chi connectivity index (χ1v) is 25.3. The van der Waals surface area contributed by atoms with Gasteiger partial charge in [-0.15, -0.1) is 0 Å². The second-order valence-corrected chi connectivity index (χ2v) is 21.0. The lowest BCUT2D eigenvalue weighted by Crippen LogP contribution is -2.63. The number of hydrazine groups is 1. The van der Waals surface area contributed by atoms with Crippen LogP contribution in [0.4, 0.5) is 59.4 Å². The quantitative estimate of drug-likeness (QED) is 0.0350. The minimum absolute atomic E-state index is 0.170. The van der Waals surface area contributed by atoms with Crippen LogP contribution in [0.15, 0.2) is 61.1 Å². The summed E-state index contributed by atoms with van der Waals surface area (Å²) >= 11 is 0. The lowest BCUT2D eigenvalue weighted by Gasteiger charge is -2.47. The molecule has 440 valence electrons. The lowest BCUT2D eigenvalue weighted by atomic mass is 9.82. The van der Waals surface area contributed by atoms with Gasteiger partial charge in [0.25, 0.3) is 12.3 Å². The summed E-state index contributed by atoms with van der Waals surface area (Å²) < 4.78 is 156. The number of aromatic nitrogens is 4. The Morgan fingerprint density at radius 1 is 0.815 bits per heavy atom. The van der Waals surface area contributed by atoms with Gasteiger partial charge in [0.05, 0.1) is 60.6 Å². The van der Waals surface area contributed by atoms with Crippen molar-refractivity contribution in [1.82, 2.24) is 51.0 Å². The van der Waals surface area contributed by atoms with Gasteiger partial charge in [0.15, 0.2) is 0 Å². The van der Waals surface area contributed by atoms with Crippen LogP contribution in [-0.4, -0.2) is 165 Å². The van der Waals surface area contributed by atoms with Crippen LogP contribution in [0.1, 0.15) is 62.8 Å². The smallest absolute Gasteiger partial charge is 0.407 e. The molecule has 4 aromatic rings. The van der Waals surface area contributed by atoms with E-state index in [9.17, 15) is 64.5 Å². The third-order valence-corrected chi connectivity index (χ3v) is 14.6. The first-order valence-electron chi connectivity index (χ1n) is 25.3. The Bertz CT molecular complexity index is 2910. The van der Waals surface area contributed by atoms with Gasteiger partial charge < -0.3 is 40.5 Å². The number of anilines is 1. The van der Waals surface area contributed by atoms with Gasteiger partial charge in [-0.05, 0) is 82.9 Å². The molecule has 4 amide bonds. The molecule has 0 saturated carbocycles. The van der Waals surface area contributed by atoms with Gasteiger partial charge >= 0.3 is 24.5 Å². The molecule has 0 radical (unpaired) electrons. The van der Waals surface area contributed by atoms with E-state index in [2.05, 4.69) is 46.8 Å². The van der Waals surface area contributed by atoms with Gasteiger partial charge in [-0.2, -0.15) is 31.4 Å². The highest BCUT2D eigenvalue weighted by Gasteiger charge is 2.57. The Hall–Kier alpha value is -7.29. The van der Waals surface area contributed by atoms with Crippen molar-refractivity contribution in [3.8, 4) is 23.1 Å². The van der Waals surface area contributed by atoms with Crippen molar-refractivity contribution in [2.75, 3.05) is 44.9 Å². The first kappa shape index (κ1) is 61.3. The number of rotatable bonds is 20. The maximum Gasteiger partial charge on any atom is 0.407 e. The Morgan fingerprint density at radius 2 is 1.38 bits per heavy atom. The number of benzene rings is 2. The predicted octanol–water partition coefficient (Wildman–Crippen LogP) is 5.79. The largest absolute Gasteiger partial charge is 0.465 e. The van der Waals surface area contributed by atoms with Gasteiger partial charge in [0, 0.05) is 73.5 Å². The Morgan fingerprint density at radius 3 is 1.90 bits per heavy atom. The Kier molecular flexibility index (Phi) is 18.8. The average molecular weight is 1160 g/mol. The van der Waals surface area contributed by atoms with E-state index in [1.165, 1.54) is 35.6 Å². The molecule has 0 aliphatic carbocycles. The van der Waals surface area contributed by atoms with Crippen LogP contribution in [-0.2, 0) is 38.6 Å². The maximum absolute atomic E-state index is 16.1. The number of fused-ring (bicyclic) bond motifs is 2. The van der Waals surface area contributed by atoms with E-state index in [1.54, 1.807) is 12.4 Å². The van der Waals surface area contributed by atoms with Crippen LogP contribution < -0.4 is 26.3 Å². The number of alkyl carbamates (subject to hydrolysis) is 1. The van der Waals surface area contributed by atoms with E-state index in [0.29, 0.717) is 80.0 Å². The van der Waals surface area contributed by atoms with E-state index in [4.69, 9.17) is 4.74 Å². The number of carbonyl (C=O) groups is 4. The molecule has 2 aromatic carbocycles. The van der Waals surface area contributed by atoms with Crippen molar-refractivity contribution in [2.45, 2.75) is 121 Å². The number of hydrogen-bond acceptors (Lipinski definition) is 13. The van der Waals surface area contributed by atoms with Gasteiger partial charge in [-0.25, -0.2) is 42.1 Å². The molecular formula is C52H59F10N11O8. The molecule has 3 fully saturated rings. The number of nitrogens with one attached hydrogen (secondary N) is 4. The molecule has 2 bridgehead atoms. The molecule has 5 heterocycles. The third kappa shape index (κ3) is 14.6. The van der Waals surface area contributed by atoms with E-state index < -0.39 is 121 Å². The highest BCUT2D eigenvalue weighted by molar-refractivity contribution is 5.87. The maximum atomic E-state index is 16.1. The number of carbonyl (C=O) groups excluding carboxylic acids is 3. The number of ether oxygens (including phenoxy) is 2. The zero-order valence-corrected chi connectivity index (χ0v) is 44.2. The number of nitrogens with zero attached hydrogens (tertiary/aromatic N) is 7. The first-order chi connectivity index (χ1) is 37.9. The second kappa shape index (κ2) is 24.8.